The molecule has 1 saturated heterocycles. The van der Waals surface area contributed by atoms with Crippen LogP contribution in [0.3, 0.4) is 0 Å². The summed E-state index contributed by atoms with van der Waals surface area (Å²) in [4.78, 5) is 27.7. The van der Waals surface area contributed by atoms with Crippen molar-refractivity contribution in [3.05, 3.63) is 65.9 Å². The van der Waals surface area contributed by atoms with Crippen LogP contribution in [0.4, 0.5) is 11.5 Å². The summed E-state index contributed by atoms with van der Waals surface area (Å²) in [5.41, 5.74) is 3.77. The monoisotopic (exact) mass is 454 g/mol. The number of aromatic nitrogens is 2. The zero-order valence-electron chi connectivity index (χ0n) is 19.2. The third kappa shape index (κ3) is 3.79. The van der Waals surface area contributed by atoms with Gasteiger partial charge in [0.25, 0.3) is 0 Å². The van der Waals surface area contributed by atoms with Crippen LogP contribution in [-0.4, -0.2) is 60.6 Å². The maximum atomic E-state index is 12.0. The molecule has 0 unspecified atom stereocenters. The molecule has 0 atom stereocenters. The van der Waals surface area contributed by atoms with Crippen molar-refractivity contribution >= 4 is 28.2 Å². The van der Waals surface area contributed by atoms with Crippen molar-refractivity contribution in [2.24, 2.45) is 0 Å². The normalized spacial score (nSPS) is 15.6. The van der Waals surface area contributed by atoms with E-state index in [1.807, 2.05) is 35.2 Å². The van der Waals surface area contributed by atoms with Gasteiger partial charge < -0.3 is 19.4 Å². The minimum atomic E-state index is -0.0376. The molecule has 0 saturated carbocycles. The highest BCUT2D eigenvalue weighted by molar-refractivity contribution is 5.98. The third-order valence-corrected chi connectivity index (χ3v) is 6.61. The highest BCUT2D eigenvalue weighted by atomic mass is 16.5. The molecule has 1 aromatic heterocycles. The first-order valence-corrected chi connectivity index (χ1v) is 11.4. The van der Waals surface area contributed by atoms with E-state index in [-0.39, 0.29) is 5.91 Å². The first-order chi connectivity index (χ1) is 16.6. The molecule has 2 aliphatic heterocycles. The van der Waals surface area contributed by atoms with E-state index in [1.54, 1.807) is 7.11 Å². The molecule has 5 rings (SSSR count). The van der Waals surface area contributed by atoms with Crippen LogP contribution in [0.5, 0.6) is 6.01 Å². The average Bonchev–Trinajstić information content (AvgIpc) is 2.90. The Labute approximate surface area is 198 Å². The number of rotatable bonds is 4. The fraction of sp³-hybridized carbons (Fsp3) is 0.308. The number of amides is 1. The van der Waals surface area contributed by atoms with Gasteiger partial charge in [0.05, 0.1) is 31.0 Å². The second-order valence-corrected chi connectivity index (χ2v) is 8.44. The maximum Gasteiger partial charge on any atom is 0.318 e. The van der Waals surface area contributed by atoms with E-state index in [9.17, 15) is 10.1 Å². The zero-order valence-corrected chi connectivity index (χ0v) is 19.2. The molecule has 8 nitrogen and oxygen atoms in total. The summed E-state index contributed by atoms with van der Waals surface area (Å²) in [5.74, 6) is 0.854. The minimum Gasteiger partial charge on any atom is -0.467 e. The van der Waals surface area contributed by atoms with Gasteiger partial charge in [-0.2, -0.15) is 15.2 Å². The summed E-state index contributed by atoms with van der Waals surface area (Å²) in [6, 6.07) is 14.7. The van der Waals surface area contributed by atoms with Gasteiger partial charge >= 0.3 is 6.01 Å². The number of nitrogens with zero attached hydrogens (tertiary/aromatic N) is 6. The van der Waals surface area contributed by atoms with Gasteiger partial charge in [-0.1, -0.05) is 30.8 Å². The van der Waals surface area contributed by atoms with E-state index in [0.29, 0.717) is 44.3 Å². The number of hydrogen-bond donors (Lipinski definition) is 0. The summed E-state index contributed by atoms with van der Waals surface area (Å²) >= 11 is 0. The first-order valence-electron chi connectivity index (χ1n) is 11.4. The number of benzene rings is 2. The number of hydrogen-bond acceptors (Lipinski definition) is 7. The van der Waals surface area contributed by atoms with E-state index < -0.39 is 0 Å². The van der Waals surface area contributed by atoms with Gasteiger partial charge in [-0.05, 0) is 30.0 Å². The van der Waals surface area contributed by atoms with Gasteiger partial charge in [-0.3, -0.25) is 4.79 Å². The molecule has 34 heavy (non-hydrogen) atoms. The molecule has 8 heteroatoms. The highest BCUT2D eigenvalue weighted by Gasteiger charge is 2.29. The van der Waals surface area contributed by atoms with Crippen molar-refractivity contribution in [1.82, 2.24) is 14.9 Å². The molecule has 2 aliphatic rings. The van der Waals surface area contributed by atoms with E-state index >= 15 is 0 Å². The number of carbonyl (C=O) groups is 1. The predicted molar refractivity (Wildman–Crippen MR) is 131 cm³/mol. The summed E-state index contributed by atoms with van der Waals surface area (Å²) < 4.78 is 5.45. The number of nitriles is 1. The largest absolute Gasteiger partial charge is 0.467 e. The van der Waals surface area contributed by atoms with Crippen molar-refractivity contribution in [2.45, 2.75) is 13.0 Å². The fourth-order valence-electron chi connectivity index (χ4n) is 4.89. The Morgan fingerprint density at radius 2 is 1.85 bits per heavy atom. The molecule has 1 fully saturated rings. The van der Waals surface area contributed by atoms with Crippen molar-refractivity contribution in [3.8, 4) is 12.1 Å². The Kier molecular flexibility index (Phi) is 5.76. The quantitative estimate of drug-likeness (QED) is 0.561. The molecule has 0 aliphatic carbocycles. The van der Waals surface area contributed by atoms with Gasteiger partial charge in [0, 0.05) is 49.4 Å². The van der Waals surface area contributed by atoms with Crippen LogP contribution in [0.2, 0.25) is 0 Å². The standard InChI is InChI=1S/C26H26N6O2/c1-3-23(33)30-12-14-31(15-13-30)25-20-10-11-32(17-21(20)28-26(29-25)34-2)22-9-5-7-18-6-4-8-19(16-27)24(18)22/h3-9H,1,10-15,17H2,2H3. The lowest BCUT2D eigenvalue weighted by atomic mass is 9.99. The van der Waals surface area contributed by atoms with Crippen LogP contribution in [0, 0.1) is 11.3 Å². The number of ether oxygens (including phenoxy) is 1. The van der Waals surface area contributed by atoms with Crippen LogP contribution in [0.1, 0.15) is 16.8 Å². The van der Waals surface area contributed by atoms with Crippen molar-refractivity contribution in [3.63, 3.8) is 0 Å². The van der Waals surface area contributed by atoms with Gasteiger partial charge in [-0.25, -0.2) is 0 Å². The Balaban J connectivity index is 1.48. The molecule has 3 heterocycles. The lowest BCUT2D eigenvalue weighted by Crippen LogP contribution is -2.49. The SMILES string of the molecule is C=CC(=O)N1CCN(c2nc(OC)nc3c2CCN(c2cccc4cccc(C#N)c24)C3)CC1. The summed E-state index contributed by atoms with van der Waals surface area (Å²) in [7, 11) is 1.58. The Hall–Kier alpha value is -4.12. The van der Waals surface area contributed by atoms with E-state index in [4.69, 9.17) is 14.7 Å². The Morgan fingerprint density at radius 1 is 1.09 bits per heavy atom. The summed E-state index contributed by atoms with van der Waals surface area (Å²) in [6.45, 7) is 7.65. The zero-order chi connectivity index (χ0) is 23.7. The van der Waals surface area contributed by atoms with Crippen LogP contribution in [-0.2, 0) is 17.8 Å². The molecule has 1 amide bonds. The second-order valence-electron chi connectivity index (χ2n) is 8.44. The predicted octanol–water partition coefficient (Wildman–Crippen LogP) is 2.91. The van der Waals surface area contributed by atoms with E-state index in [2.05, 4.69) is 28.5 Å². The Bertz CT molecular complexity index is 1300. The van der Waals surface area contributed by atoms with Crippen molar-refractivity contribution in [1.29, 1.82) is 5.26 Å². The minimum absolute atomic E-state index is 0.0376. The molecule has 3 aromatic rings. The summed E-state index contributed by atoms with van der Waals surface area (Å²) in [5, 5.41) is 11.7. The molecule has 172 valence electrons. The van der Waals surface area contributed by atoms with Crippen LogP contribution >= 0.6 is 0 Å². The molecular formula is C26H26N6O2. The number of carbonyl (C=O) groups excluding carboxylic acids is 1. The lowest BCUT2D eigenvalue weighted by molar-refractivity contribution is -0.126. The van der Waals surface area contributed by atoms with Crippen LogP contribution in [0.25, 0.3) is 10.8 Å². The van der Waals surface area contributed by atoms with E-state index in [0.717, 1.165) is 46.5 Å². The third-order valence-electron chi connectivity index (χ3n) is 6.61. The highest BCUT2D eigenvalue weighted by Crippen LogP contribution is 2.35. The maximum absolute atomic E-state index is 12.0. The number of piperazine rings is 1. The molecule has 0 bridgehead atoms. The van der Waals surface area contributed by atoms with E-state index in [1.165, 1.54) is 6.08 Å². The van der Waals surface area contributed by atoms with Crippen molar-refractivity contribution < 1.29 is 9.53 Å². The molecule has 0 N–H and O–H groups in total. The van der Waals surface area contributed by atoms with Crippen LogP contribution in [0.15, 0.2) is 49.1 Å². The molecular weight excluding hydrogens is 428 g/mol. The number of anilines is 2. The van der Waals surface area contributed by atoms with Crippen molar-refractivity contribution in [2.75, 3.05) is 49.6 Å². The van der Waals surface area contributed by atoms with Gasteiger partial charge in [0.2, 0.25) is 5.91 Å². The molecule has 0 spiro atoms. The second kappa shape index (κ2) is 9.02. The van der Waals surface area contributed by atoms with Gasteiger partial charge in [0.15, 0.2) is 0 Å². The smallest absolute Gasteiger partial charge is 0.318 e. The van der Waals surface area contributed by atoms with Gasteiger partial charge in [0.1, 0.15) is 5.82 Å². The van der Waals surface area contributed by atoms with Crippen LogP contribution < -0.4 is 14.5 Å². The lowest BCUT2D eigenvalue weighted by Gasteiger charge is -2.38. The first kappa shape index (κ1) is 21.7. The molecule has 2 aromatic carbocycles. The fourth-order valence-corrected chi connectivity index (χ4v) is 4.89. The number of fused-ring (bicyclic) bond motifs is 2. The van der Waals surface area contributed by atoms with Gasteiger partial charge in [-0.15, -0.1) is 0 Å². The number of methoxy groups -OCH3 is 1. The average molecular weight is 455 g/mol. The Morgan fingerprint density at radius 3 is 2.56 bits per heavy atom. The molecule has 0 radical (unpaired) electrons. The topological polar surface area (TPSA) is 85.6 Å². The summed E-state index contributed by atoms with van der Waals surface area (Å²) in [6.07, 6.45) is 2.15.